The van der Waals surface area contributed by atoms with Crippen LogP contribution in [0.4, 0.5) is 0 Å². The van der Waals surface area contributed by atoms with Crippen molar-refractivity contribution in [3.05, 3.63) is 0 Å². The molecule has 0 aromatic rings. The molecule has 0 radical (unpaired) electrons. The van der Waals surface area contributed by atoms with Crippen LogP contribution < -0.4 is 10.6 Å². The number of amides is 2. The molecule has 0 fully saturated rings. The topological polar surface area (TPSA) is 75.3 Å². The van der Waals surface area contributed by atoms with E-state index >= 15 is 0 Å². The molecule has 17 heavy (non-hydrogen) atoms. The third-order valence-corrected chi connectivity index (χ3v) is 2.56. The third-order valence-electron chi connectivity index (χ3n) is 2.56. The molecule has 0 saturated heterocycles. The minimum atomic E-state index is -0.593. The molecule has 0 aliphatic heterocycles. The van der Waals surface area contributed by atoms with Crippen molar-refractivity contribution in [2.24, 2.45) is 5.92 Å². The van der Waals surface area contributed by atoms with Crippen LogP contribution in [0.3, 0.4) is 0 Å². The van der Waals surface area contributed by atoms with Crippen LogP contribution >= 0.6 is 0 Å². The lowest BCUT2D eigenvalue weighted by molar-refractivity contribution is -0.131. The predicted octanol–water partition coefficient (Wildman–Crippen LogP) is -0.798. The molecular weight excluding hydrogens is 219 g/mol. The van der Waals surface area contributed by atoms with E-state index < -0.39 is 12.1 Å². The number of carbonyl (C=O) groups is 3. The van der Waals surface area contributed by atoms with E-state index in [4.69, 9.17) is 0 Å². The van der Waals surface area contributed by atoms with Crippen molar-refractivity contribution in [3.8, 4) is 0 Å². The number of nitrogens with one attached hydrogen (secondary N) is 2. The smallest absolute Gasteiger partial charge is 0.243 e. The van der Waals surface area contributed by atoms with Crippen molar-refractivity contribution in [1.82, 2.24) is 10.6 Å². The van der Waals surface area contributed by atoms with Crippen LogP contribution in [0.25, 0.3) is 0 Å². The number of carbonyl (C=O) groups excluding carboxylic acids is 3. The van der Waals surface area contributed by atoms with Gasteiger partial charge in [0.1, 0.15) is 11.7 Å². The number of hydrogen-bond donors (Lipinski definition) is 2. The van der Waals surface area contributed by atoms with Crippen LogP contribution in [-0.4, -0.2) is 37.4 Å². The van der Waals surface area contributed by atoms with Crippen LogP contribution in [-0.2, 0) is 14.4 Å². The molecule has 5 nitrogen and oxygen atoms in total. The molecule has 1 unspecified atom stereocenters. The van der Waals surface area contributed by atoms with Gasteiger partial charge in [-0.2, -0.15) is 0 Å². The van der Waals surface area contributed by atoms with Crippen molar-refractivity contribution < 1.29 is 14.4 Å². The van der Waals surface area contributed by atoms with Gasteiger partial charge in [0.05, 0.1) is 6.04 Å². The largest absolute Gasteiger partial charge is 0.346 e. The van der Waals surface area contributed by atoms with E-state index in [1.807, 2.05) is 13.8 Å². The zero-order chi connectivity index (χ0) is 13.6. The van der Waals surface area contributed by atoms with E-state index in [0.29, 0.717) is 6.42 Å². The van der Waals surface area contributed by atoms with Gasteiger partial charge in [0.2, 0.25) is 11.8 Å². The minimum Gasteiger partial charge on any atom is -0.346 e. The average molecular weight is 240 g/mol. The van der Waals surface area contributed by atoms with Gasteiger partial charge in [-0.05, 0) is 12.8 Å². The Hall–Kier alpha value is -1.33. The van der Waals surface area contributed by atoms with Gasteiger partial charge in [0.25, 0.3) is 0 Å². The van der Waals surface area contributed by atoms with Crippen LogP contribution in [0, 0.1) is 5.92 Å². The first-order chi connectivity index (χ1) is 7.79. The Labute approximate surface area is 103 Å². The lowest BCUT2D eigenvalue weighted by atomic mass is 9.95. The molecule has 0 heterocycles. The molecule has 2 atom stereocenters. The molecule has 0 spiro atoms. The molecule has 0 bridgehead atoms. The summed E-state index contributed by atoms with van der Waals surface area (Å²) in [6, 6.07) is -1.12. The lowest BCUT2D eigenvalue weighted by Gasteiger charge is -2.23. The first kappa shape index (κ1) is 15.7. The maximum atomic E-state index is 11.9. The first-order valence-corrected chi connectivity index (χ1v) is 5.89. The summed E-state index contributed by atoms with van der Waals surface area (Å²) in [5.41, 5.74) is -0.109. The Kier molecular flexibility index (Phi) is 6.54. The standard InChI is InChI=1S/C11H21BN2O3/c1-5-8(15)14-9(6(2)3)11(17)13-7(4)10(12)16/h6-7,9H,5,12H2,1-4H3,(H,13,17)(H,14,15)/t7-,9?/m0/s1. The maximum Gasteiger partial charge on any atom is 0.243 e. The zero-order valence-electron chi connectivity index (χ0n) is 11.2. The molecular formula is C11H21BN2O3. The Balaban J connectivity index is 4.55. The second-order valence-electron chi connectivity index (χ2n) is 4.48. The van der Waals surface area contributed by atoms with Gasteiger partial charge in [0, 0.05) is 6.42 Å². The zero-order valence-corrected chi connectivity index (χ0v) is 11.2. The second-order valence-corrected chi connectivity index (χ2v) is 4.48. The van der Waals surface area contributed by atoms with Crippen LogP contribution in [0.15, 0.2) is 0 Å². The highest BCUT2D eigenvalue weighted by molar-refractivity contribution is 6.59. The number of rotatable bonds is 6. The Morgan fingerprint density at radius 2 is 1.65 bits per heavy atom. The molecule has 0 aliphatic carbocycles. The summed E-state index contributed by atoms with van der Waals surface area (Å²) in [5, 5.41) is 5.23. The lowest BCUT2D eigenvalue weighted by Crippen LogP contribution is -2.52. The molecule has 96 valence electrons. The first-order valence-electron chi connectivity index (χ1n) is 5.89. The monoisotopic (exact) mass is 240 g/mol. The summed E-state index contributed by atoms with van der Waals surface area (Å²) < 4.78 is 0. The molecule has 6 heteroatoms. The molecule has 2 amide bonds. The van der Waals surface area contributed by atoms with Crippen molar-refractivity contribution in [2.75, 3.05) is 0 Å². The summed E-state index contributed by atoms with van der Waals surface area (Å²) >= 11 is 0. The molecule has 0 aromatic heterocycles. The second kappa shape index (κ2) is 7.09. The van der Waals surface area contributed by atoms with Gasteiger partial charge in [-0.3, -0.25) is 9.59 Å². The fourth-order valence-electron chi connectivity index (χ4n) is 1.22. The van der Waals surface area contributed by atoms with Crippen molar-refractivity contribution in [2.45, 2.75) is 46.2 Å². The van der Waals surface area contributed by atoms with E-state index in [9.17, 15) is 14.4 Å². The van der Waals surface area contributed by atoms with Crippen LogP contribution in [0.1, 0.15) is 34.1 Å². The minimum absolute atomic E-state index is 0.0235. The van der Waals surface area contributed by atoms with Gasteiger partial charge >= 0.3 is 0 Å². The summed E-state index contributed by atoms with van der Waals surface area (Å²) in [6.45, 7) is 7.04. The molecule has 0 aromatic carbocycles. The Bertz CT molecular complexity index is 305. The van der Waals surface area contributed by atoms with E-state index in [2.05, 4.69) is 10.6 Å². The normalized spacial score (nSPS) is 13.9. The van der Waals surface area contributed by atoms with E-state index in [1.165, 1.54) is 7.85 Å². The quantitative estimate of drug-likeness (QED) is 0.597. The molecule has 2 N–H and O–H groups in total. The highest BCUT2D eigenvalue weighted by Gasteiger charge is 2.25. The maximum absolute atomic E-state index is 11.9. The summed E-state index contributed by atoms with van der Waals surface area (Å²) in [5.74, 6) is -0.511. The number of hydrogen-bond acceptors (Lipinski definition) is 3. The summed E-state index contributed by atoms with van der Waals surface area (Å²) in [4.78, 5) is 34.2. The van der Waals surface area contributed by atoms with Crippen LogP contribution in [0.2, 0.25) is 0 Å². The van der Waals surface area contributed by atoms with E-state index in [0.717, 1.165) is 0 Å². The van der Waals surface area contributed by atoms with Gasteiger partial charge in [0.15, 0.2) is 7.85 Å². The van der Waals surface area contributed by atoms with Gasteiger partial charge in [-0.25, -0.2) is 0 Å². The summed E-state index contributed by atoms with van der Waals surface area (Å²) in [6.07, 6.45) is 0.332. The van der Waals surface area contributed by atoms with E-state index in [1.54, 1.807) is 13.8 Å². The Morgan fingerprint density at radius 3 is 2.00 bits per heavy atom. The Morgan fingerprint density at radius 1 is 1.12 bits per heavy atom. The highest BCUT2D eigenvalue weighted by Crippen LogP contribution is 2.03. The van der Waals surface area contributed by atoms with Gasteiger partial charge < -0.3 is 15.4 Å². The van der Waals surface area contributed by atoms with Crippen molar-refractivity contribution in [1.29, 1.82) is 0 Å². The van der Waals surface area contributed by atoms with E-state index in [-0.39, 0.29) is 23.4 Å². The summed E-state index contributed by atoms with van der Waals surface area (Å²) in [7, 11) is 1.42. The third kappa shape index (κ3) is 5.52. The SMILES string of the molecule is BC(=O)[C@H](C)NC(=O)C(NC(=O)CC)C(C)C. The molecule has 0 aliphatic rings. The fraction of sp³-hybridized carbons (Fsp3) is 0.727. The molecule has 0 rings (SSSR count). The van der Waals surface area contributed by atoms with Crippen LogP contribution in [0.5, 0.6) is 0 Å². The highest BCUT2D eigenvalue weighted by atomic mass is 16.2. The van der Waals surface area contributed by atoms with Crippen molar-refractivity contribution in [3.63, 3.8) is 0 Å². The van der Waals surface area contributed by atoms with Gasteiger partial charge in [-0.15, -0.1) is 0 Å². The van der Waals surface area contributed by atoms with Crippen molar-refractivity contribution >= 4 is 25.3 Å². The fourth-order valence-corrected chi connectivity index (χ4v) is 1.22. The predicted molar refractivity (Wildman–Crippen MR) is 68.2 cm³/mol. The average Bonchev–Trinajstić information content (AvgIpc) is 2.24. The molecule has 0 saturated carbocycles. The van der Waals surface area contributed by atoms with Gasteiger partial charge in [-0.1, -0.05) is 20.8 Å².